The highest BCUT2D eigenvalue weighted by molar-refractivity contribution is 6.30. The van der Waals surface area contributed by atoms with E-state index in [9.17, 15) is 9.18 Å². The van der Waals surface area contributed by atoms with Crippen LogP contribution >= 0.6 is 11.6 Å². The number of pyridine rings is 1. The number of fused-ring (bicyclic) bond motifs is 1. The number of halogens is 2. The molecule has 0 saturated heterocycles. The molecule has 7 heteroatoms. The molecule has 0 radical (unpaired) electrons. The van der Waals surface area contributed by atoms with E-state index in [1.807, 2.05) is 0 Å². The first-order valence-electron chi connectivity index (χ1n) is 6.77. The van der Waals surface area contributed by atoms with Gasteiger partial charge in [0, 0.05) is 13.3 Å². The highest BCUT2D eigenvalue weighted by Gasteiger charge is 2.26. The number of amides is 1. The average molecular weight is 334 g/mol. The first kappa shape index (κ1) is 15.5. The number of hydrogen-bond acceptors (Lipinski definition) is 3. The number of carbonyl (C=O) groups excluding carboxylic acids is 1. The Kier molecular flexibility index (Phi) is 4.02. The molecule has 1 aromatic carbocycles. The van der Waals surface area contributed by atoms with Crippen molar-refractivity contribution >= 4 is 23.2 Å². The van der Waals surface area contributed by atoms with Gasteiger partial charge >= 0.3 is 0 Å². The lowest BCUT2D eigenvalue weighted by Crippen LogP contribution is -2.18. The second-order valence-corrected chi connectivity index (χ2v) is 5.39. The fourth-order valence-electron chi connectivity index (χ4n) is 2.54. The summed E-state index contributed by atoms with van der Waals surface area (Å²) in [5.74, 6) is -1.10. The molecule has 2 N–H and O–H groups in total. The Morgan fingerprint density at radius 2 is 2.17 bits per heavy atom. The van der Waals surface area contributed by atoms with Crippen molar-refractivity contribution in [3.8, 4) is 0 Å². The molecule has 118 valence electrons. The van der Waals surface area contributed by atoms with Crippen molar-refractivity contribution in [2.75, 3.05) is 7.11 Å². The Labute approximate surface area is 136 Å². The van der Waals surface area contributed by atoms with Crippen LogP contribution in [0.2, 0.25) is 5.02 Å². The Balaban J connectivity index is 2.29. The molecule has 2 aromatic heterocycles. The van der Waals surface area contributed by atoms with E-state index >= 15 is 0 Å². The van der Waals surface area contributed by atoms with Crippen LogP contribution in [0.4, 0.5) is 4.39 Å². The normalized spacial score (nSPS) is 12.5. The lowest BCUT2D eigenvalue weighted by atomic mass is 10.0. The largest absolute Gasteiger partial charge is 0.370 e. The SMILES string of the molecule is COC(c1cccc(F)c1)c1c(C(N)=O)nc2ccc(Cl)cn12. The van der Waals surface area contributed by atoms with Crippen molar-refractivity contribution < 1.29 is 13.9 Å². The molecule has 23 heavy (non-hydrogen) atoms. The van der Waals surface area contributed by atoms with Crippen molar-refractivity contribution in [3.63, 3.8) is 0 Å². The molecular weight excluding hydrogens is 321 g/mol. The third kappa shape index (κ3) is 2.78. The lowest BCUT2D eigenvalue weighted by Gasteiger charge is -2.17. The molecule has 0 bridgehead atoms. The molecule has 0 aliphatic carbocycles. The number of rotatable bonds is 4. The van der Waals surface area contributed by atoms with Crippen LogP contribution in [-0.2, 0) is 4.74 Å². The zero-order valence-electron chi connectivity index (χ0n) is 12.2. The quantitative estimate of drug-likeness (QED) is 0.798. The number of primary amides is 1. The number of carbonyl (C=O) groups is 1. The number of ether oxygens (including phenoxy) is 1. The Bertz CT molecular complexity index is 894. The zero-order valence-corrected chi connectivity index (χ0v) is 12.9. The molecule has 2 heterocycles. The maximum atomic E-state index is 13.6. The van der Waals surface area contributed by atoms with Crippen LogP contribution in [0.5, 0.6) is 0 Å². The lowest BCUT2D eigenvalue weighted by molar-refractivity contribution is 0.0980. The number of imidazole rings is 1. The highest BCUT2D eigenvalue weighted by Crippen LogP contribution is 2.30. The van der Waals surface area contributed by atoms with Gasteiger partial charge in [-0.05, 0) is 29.8 Å². The van der Waals surface area contributed by atoms with Crippen molar-refractivity contribution in [1.82, 2.24) is 9.38 Å². The molecule has 5 nitrogen and oxygen atoms in total. The van der Waals surface area contributed by atoms with Crippen LogP contribution in [0.15, 0.2) is 42.6 Å². The number of nitrogens with two attached hydrogens (primary N) is 1. The summed E-state index contributed by atoms with van der Waals surface area (Å²) in [4.78, 5) is 16.0. The summed E-state index contributed by atoms with van der Waals surface area (Å²) in [5, 5.41) is 0.460. The second kappa shape index (κ2) is 5.98. The predicted molar refractivity (Wildman–Crippen MR) is 84.0 cm³/mol. The first-order chi connectivity index (χ1) is 11.0. The van der Waals surface area contributed by atoms with Crippen LogP contribution in [-0.4, -0.2) is 22.4 Å². The number of benzene rings is 1. The summed E-state index contributed by atoms with van der Waals surface area (Å²) in [7, 11) is 1.46. The molecule has 0 aliphatic heterocycles. The van der Waals surface area contributed by atoms with Gasteiger partial charge in [0.2, 0.25) is 0 Å². The number of aromatic nitrogens is 2. The van der Waals surface area contributed by atoms with E-state index in [1.165, 1.54) is 19.2 Å². The minimum atomic E-state index is -0.721. The third-order valence-electron chi connectivity index (χ3n) is 3.49. The van der Waals surface area contributed by atoms with Gasteiger partial charge in [-0.15, -0.1) is 0 Å². The monoisotopic (exact) mass is 333 g/mol. The van der Waals surface area contributed by atoms with Gasteiger partial charge in [0.25, 0.3) is 5.91 Å². The minimum Gasteiger partial charge on any atom is -0.370 e. The number of nitrogens with zero attached hydrogens (tertiary/aromatic N) is 2. The summed E-state index contributed by atoms with van der Waals surface area (Å²) in [6, 6.07) is 9.25. The first-order valence-corrected chi connectivity index (χ1v) is 7.14. The van der Waals surface area contributed by atoms with E-state index in [2.05, 4.69) is 4.98 Å². The van der Waals surface area contributed by atoms with Gasteiger partial charge in [-0.2, -0.15) is 0 Å². The molecule has 1 amide bonds. The second-order valence-electron chi connectivity index (χ2n) is 4.96. The highest BCUT2D eigenvalue weighted by atomic mass is 35.5. The van der Waals surface area contributed by atoms with Gasteiger partial charge < -0.3 is 10.5 Å². The average Bonchev–Trinajstić information content (AvgIpc) is 2.87. The molecule has 0 aliphatic rings. The molecule has 3 rings (SSSR count). The molecule has 0 spiro atoms. The molecule has 1 unspecified atom stereocenters. The summed E-state index contributed by atoms with van der Waals surface area (Å²) >= 11 is 6.03. The molecule has 0 fully saturated rings. The van der Waals surface area contributed by atoms with Crippen LogP contribution in [0.1, 0.15) is 27.8 Å². The van der Waals surface area contributed by atoms with Gasteiger partial charge in [-0.25, -0.2) is 9.37 Å². The maximum Gasteiger partial charge on any atom is 0.269 e. The Morgan fingerprint density at radius 1 is 1.39 bits per heavy atom. The number of methoxy groups -OCH3 is 1. The minimum absolute atomic E-state index is 0.0587. The smallest absolute Gasteiger partial charge is 0.269 e. The van der Waals surface area contributed by atoms with Crippen molar-refractivity contribution in [3.05, 3.63) is 70.4 Å². The summed E-state index contributed by atoms with van der Waals surface area (Å²) < 4.78 is 20.7. The summed E-state index contributed by atoms with van der Waals surface area (Å²) in [6.07, 6.45) is 0.887. The Morgan fingerprint density at radius 3 is 2.83 bits per heavy atom. The van der Waals surface area contributed by atoms with Crippen LogP contribution in [0.25, 0.3) is 5.65 Å². The van der Waals surface area contributed by atoms with Crippen molar-refractivity contribution in [2.24, 2.45) is 5.73 Å². The molecule has 0 saturated carbocycles. The zero-order chi connectivity index (χ0) is 16.6. The van der Waals surface area contributed by atoms with Crippen LogP contribution in [0, 0.1) is 5.82 Å². The number of hydrogen-bond donors (Lipinski definition) is 1. The van der Waals surface area contributed by atoms with E-state index in [1.54, 1.807) is 34.9 Å². The fraction of sp³-hybridized carbons (Fsp3) is 0.125. The van der Waals surface area contributed by atoms with Gasteiger partial charge in [0.15, 0.2) is 5.69 Å². The fourth-order valence-corrected chi connectivity index (χ4v) is 2.70. The van der Waals surface area contributed by atoms with Crippen molar-refractivity contribution in [1.29, 1.82) is 0 Å². The van der Waals surface area contributed by atoms with E-state index in [0.717, 1.165) is 0 Å². The van der Waals surface area contributed by atoms with E-state index in [4.69, 9.17) is 22.1 Å². The van der Waals surface area contributed by atoms with Crippen LogP contribution < -0.4 is 5.73 Å². The molecule has 3 aromatic rings. The molecule has 1 atom stereocenters. The Hall–Kier alpha value is -2.44. The summed E-state index contributed by atoms with van der Waals surface area (Å²) in [6.45, 7) is 0. The van der Waals surface area contributed by atoms with Gasteiger partial charge in [-0.1, -0.05) is 23.7 Å². The van der Waals surface area contributed by atoms with Gasteiger partial charge in [0.1, 0.15) is 17.6 Å². The topological polar surface area (TPSA) is 69.6 Å². The maximum absolute atomic E-state index is 13.6. The van der Waals surface area contributed by atoms with E-state index in [-0.39, 0.29) is 5.69 Å². The third-order valence-corrected chi connectivity index (χ3v) is 3.71. The predicted octanol–water partition coefficient (Wildman–Crippen LogP) is 2.96. The van der Waals surface area contributed by atoms with E-state index < -0.39 is 17.8 Å². The molecular formula is C16H13ClFN3O2. The van der Waals surface area contributed by atoms with Crippen LogP contribution in [0.3, 0.4) is 0 Å². The van der Waals surface area contributed by atoms with Gasteiger partial charge in [0.05, 0.1) is 10.7 Å². The van der Waals surface area contributed by atoms with Crippen molar-refractivity contribution in [2.45, 2.75) is 6.10 Å². The van der Waals surface area contributed by atoms with E-state index in [0.29, 0.717) is 21.9 Å². The van der Waals surface area contributed by atoms with Gasteiger partial charge in [-0.3, -0.25) is 9.20 Å². The standard InChI is InChI=1S/C16H13ClFN3O2/c1-23-15(9-3-2-4-11(18)7-9)14-13(16(19)22)20-12-6-5-10(17)8-21(12)14/h2-8,15H,1H3,(H2,19,22). The summed E-state index contributed by atoms with van der Waals surface area (Å²) in [5.41, 5.74) is 6.94.